The Kier molecular flexibility index (Phi) is 5.55. The summed E-state index contributed by atoms with van der Waals surface area (Å²) < 4.78 is 7.38. The maximum atomic E-state index is 5.50. The average Bonchev–Trinajstić information content (AvgIpc) is 3.25. The Morgan fingerprint density at radius 2 is 2.27 bits per heavy atom. The van der Waals surface area contributed by atoms with Gasteiger partial charge in [-0.3, -0.25) is 9.58 Å². The first-order valence-corrected chi connectivity index (χ1v) is 8.57. The van der Waals surface area contributed by atoms with Gasteiger partial charge in [0.05, 0.1) is 25.8 Å². The summed E-state index contributed by atoms with van der Waals surface area (Å²) in [6.07, 6.45) is 3.36. The second-order valence-electron chi connectivity index (χ2n) is 5.60. The van der Waals surface area contributed by atoms with Crippen molar-refractivity contribution in [3.05, 3.63) is 35.0 Å². The van der Waals surface area contributed by atoms with Gasteiger partial charge in [-0.25, -0.2) is 4.98 Å². The van der Waals surface area contributed by atoms with Gasteiger partial charge in [0, 0.05) is 31.1 Å². The molecule has 1 aliphatic heterocycles. The fourth-order valence-electron chi connectivity index (χ4n) is 2.76. The summed E-state index contributed by atoms with van der Waals surface area (Å²) in [6, 6.07) is 4.84. The van der Waals surface area contributed by atoms with Gasteiger partial charge in [0.25, 0.3) is 0 Å². The Balaban J connectivity index is 1.59. The van der Waals surface area contributed by atoms with Crippen LogP contribution in [0, 0.1) is 0 Å². The molecule has 2 aromatic heterocycles. The number of nitrogens with zero attached hydrogens (tertiary/aromatic N) is 5. The maximum absolute atomic E-state index is 5.50. The zero-order valence-corrected chi connectivity index (χ0v) is 13.8. The van der Waals surface area contributed by atoms with Crippen molar-refractivity contribution in [2.24, 2.45) is 0 Å². The van der Waals surface area contributed by atoms with Crippen molar-refractivity contribution in [2.45, 2.75) is 12.6 Å². The molecule has 0 aromatic carbocycles. The third kappa shape index (κ3) is 4.13. The highest BCUT2D eigenvalue weighted by Crippen LogP contribution is 2.26. The Morgan fingerprint density at radius 3 is 2.95 bits per heavy atom. The van der Waals surface area contributed by atoms with Gasteiger partial charge in [-0.05, 0) is 18.5 Å². The number of ether oxygens (including phenoxy) is 1. The summed E-state index contributed by atoms with van der Waals surface area (Å²) in [5.74, 6) is 0. The number of likely N-dealkylation sites (N-methyl/N-ethyl adjacent to an activating group) is 1. The molecule has 1 saturated heterocycles. The Morgan fingerprint density at radius 1 is 1.41 bits per heavy atom. The molecule has 7 heteroatoms. The van der Waals surface area contributed by atoms with Gasteiger partial charge in [-0.1, -0.05) is 6.07 Å². The molecule has 120 valence electrons. The van der Waals surface area contributed by atoms with Gasteiger partial charge >= 0.3 is 0 Å². The lowest BCUT2D eigenvalue weighted by atomic mass is 10.1. The fourth-order valence-corrected chi connectivity index (χ4v) is 3.62. The average molecular weight is 321 g/mol. The highest BCUT2D eigenvalue weighted by Gasteiger charge is 2.24. The van der Waals surface area contributed by atoms with E-state index in [9.17, 15) is 0 Å². The molecule has 0 N–H and O–H groups in total. The lowest BCUT2D eigenvalue weighted by Crippen LogP contribution is -2.43. The van der Waals surface area contributed by atoms with Crippen LogP contribution < -0.4 is 0 Å². The number of rotatable bonds is 7. The van der Waals surface area contributed by atoms with E-state index in [0.29, 0.717) is 6.04 Å². The van der Waals surface area contributed by atoms with E-state index < -0.39 is 0 Å². The van der Waals surface area contributed by atoms with Crippen LogP contribution in [0.25, 0.3) is 0 Å². The first-order chi connectivity index (χ1) is 10.8. The second-order valence-corrected chi connectivity index (χ2v) is 6.58. The smallest absolute Gasteiger partial charge is 0.137 e. The lowest BCUT2D eigenvalue weighted by Gasteiger charge is -2.36. The molecule has 1 aliphatic rings. The van der Waals surface area contributed by atoms with Crippen LogP contribution in [0.3, 0.4) is 0 Å². The van der Waals surface area contributed by atoms with Gasteiger partial charge in [-0.15, -0.1) is 11.3 Å². The maximum Gasteiger partial charge on any atom is 0.137 e. The van der Waals surface area contributed by atoms with E-state index in [0.717, 1.165) is 45.9 Å². The topological polar surface area (TPSA) is 46.4 Å². The molecule has 0 aliphatic carbocycles. The monoisotopic (exact) mass is 321 g/mol. The normalized spacial score (nSPS) is 17.9. The van der Waals surface area contributed by atoms with E-state index in [4.69, 9.17) is 4.74 Å². The highest BCUT2D eigenvalue weighted by molar-refractivity contribution is 7.10. The quantitative estimate of drug-likeness (QED) is 0.770. The van der Waals surface area contributed by atoms with E-state index in [1.807, 2.05) is 16.0 Å². The largest absolute Gasteiger partial charge is 0.379 e. The number of thiophene rings is 1. The molecule has 0 bridgehead atoms. The minimum Gasteiger partial charge on any atom is -0.379 e. The number of morpholine rings is 1. The van der Waals surface area contributed by atoms with Gasteiger partial charge in [-0.2, -0.15) is 5.10 Å². The van der Waals surface area contributed by atoms with Crippen LogP contribution >= 0.6 is 11.3 Å². The van der Waals surface area contributed by atoms with E-state index in [2.05, 4.69) is 44.4 Å². The number of hydrogen-bond acceptors (Lipinski definition) is 6. The molecule has 0 radical (unpaired) electrons. The summed E-state index contributed by atoms with van der Waals surface area (Å²) in [5, 5.41) is 6.33. The van der Waals surface area contributed by atoms with E-state index >= 15 is 0 Å². The van der Waals surface area contributed by atoms with Crippen LogP contribution in [0.5, 0.6) is 0 Å². The summed E-state index contributed by atoms with van der Waals surface area (Å²) in [4.78, 5) is 10.3. The molecule has 22 heavy (non-hydrogen) atoms. The Labute approximate surface area is 135 Å². The van der Waals surface area contributed by atoms with Gasteiger partial charge < -0.3 is 9.64 Å². The van der Waals surface area contributed by atoms with Crippen molar-refractivity contribution < 1.29 is 4.74 Å². The van der Waals surface area contributed by atoms with Crippen LogP contribution in [-0.4, -0.2) is 71.0 Å². The van der Waals surface area contributed by atoms with Gasteiger partial charge in [0.1, 0.15) is 12.7 Å². The molecular formula is C15H23N5OS. The minimum absolute atomic E-state index is 0.449. The first kappa shape index (κ1) is 15.6. The van der Waals surface area contributed by atoms with E-state index in [1.165, 1.54) is 4.88 Å². The predicted octanol–water partition coefficient (Wildman–Crippen LogP) is 1.34. The molecule has 0 unspecified atom stereocenters. The van der Waals surface area contributed by atoms with Crippen molar-refractivity contribution in [3.63, 3.8) is 0 Å². The van der Waals surface area contributed by atoms with Crippen molar-refractivity contribution in [3.8, 4) is 0 Å². The van der Waals surface area contributed by atoms with Gasteiger partial charge in [0.2, 0.25) is 0 Å². The molecule has 3 rings (SSSR count). The highest BCUT2D eigenvalue weighted by atomic mass is 32.1. The molecule has 1 atom stereocenters. The molecule has 2 aromatic rings. The standard InChI is InChI=1S/C15H23N5OS/c1-18(4-5-20-13-16-12-17-20)11-14(15-3-2-10-22-15)19-6-8-21-9-7-19/h2-3,10,12-14H,4-9,11H2,1H3/t14-/m0/s1. The van der Waals surface area contributed by atoms with Crippen LogP contribution in [-0.2, 0) is 11.3 Å². The van der Waals surface area contributed by atoms with Gasteiger partial charge in [0.15, 0.2) is 0 Å². The minimum atomic E-state index is 0.449. The molecule has 1 fully saturated rings. The predicted molar refractivity (Wildman–Crippen MR) is 87.0 cm³/mol. The molecule has 0 saturated carbocycles. The molecular weight excluding hydrogens is 298 g/mol. The summed E-state index contributed by atoms with van der Waals surface area (Å²) in [7, 11) is 2.18. The van der Waals surface area contributed by atoms with Crippen LogP contribution in [0.1, 0.15) is 10.9 Å². The zero-order chi connectivity index (χ0) is 15.2. The van der Waals surface area contributed by atoms with E-state index in [1.54, 1.807) is 12.7 Å². The number of aromatic nitrogens is 3. The van der Waals surface area contributed by atoms with E-state index in [-0.39, 0.29) is 0 Å². The Hall–Kier alpha value is -1.28. The summed E-state index contributed by atoms with van der Waals surface area (Å²) in [6.45, 7) is 6.57. The van der Waals surface area contributed by atoms with Crippen molar-refractivity contribution in [1.29, 1.82) is 0 Å². The fraction of sp³-hybridized carbons (Fsp3) is 0.600. The first-order valence-electron chi connectivity index (χ1n) is 7.69. The summed E-state index contributed by atoms with van der Waals surface area (Å²) in [5.41, 5.74) is 0. The number of hydrogen-bond donors (Lipinski definition) is 0. The Bertz CT molecular complexity index is 524. The second kappa shape index (κ2) is 7.82. The molecule has 0 amide bonds. The third-order valence-electron chi connectivity index (χ3n) is 4.02. The lowest BCUT2D eigenvalue weighted by molar-refractivity contribution is 0.00991. The van der Waals surface area contributed by atoms with Crippen molar-refractivity contribution in [2.75, 3.05) is 46.4 Å². The third-order valence-corrected chi connectivity index (χ3v) is 4.99. The molecule has 0 spiro atoms. The SMILES string of the molecule is CN(CCn1cncn1)C[C@@H](c1cccs1)N1CCOCC1. The van der Waals surface area contributed by atoms with Crippen molar-refractivity contribution in [1.82, 2.24) is 24.6 Å². The van der Waals surface area contributed by atoms with Crippen LogP contribution in [0.15, 0.2) is 30.2 Å². The van der Waals surface area contributed by atoms with Crippen LogP contribution in [0.4, 0.5) is 0 Å². The molecule has 6 nitrogen and oxygen atoms in total. The van der Waals surface area contributed by atoms with Crippen molar-refractivity contribution >= 4 is 11.3 Å². The molecule has 3 heterocycles. The summed E-state index contributed by atoms with van der Waals surface area (Å²) >= 11 is 1.85. The zero-order valence-electron chi connectivity index (χ0n) is 13.0. The van der Waals surface area contributed by atoms with Crippen LogP contribution in [0.2, 0.25) is 0 Å².